The molecule has 0 aliphatic rings. The third-order valence-corrected chi connectivity index (χ3v) is 3.39. The van der Waals surface area contributed by atoms with Crippen LogP contribution in [0.5, 0.6) is 0 Å². The minimum absolute atomic E-state index is 0.150. The molecule has 0 saturated heterocycles. The lowest BCUT2D eigenvalue weighted by atomic mass is 10.2. The van der Waals surface area contributed by atoms with E-state index in [0.717, 1.165) is 5.56 Å². The molecule has 21 heavy (non-hydrogen) atoms. The maximum absolute atomic E-state index is 12.4. The van der Waals surface area contributed by atoms with Crippen LogP contribution in [0, 0.1) is 0 Å². The Hall–Kier alpha value is -1.82. The van der Waals surface area contributed by atoms with E-state index in [1.807, 2.05) is 12.1 Å². The number of nitrogens with one attached hydrogen (secondary N) is 1. The number of carbonyl (C=O) groups excluding carboxylic acids is 1. The van der Waals surface area contributed by atoms with Gasteiger partial charge in [-0.05, 0) is 29.8 Å². The Morgan fingerprint density at radius 1 is 1.33 bits per heavy atom. The Morgan fingerprint density at radius 2 is 2.10 bits per heavy atom. The van der Waals surface area contributed by atoms with Crippen LogP contribution in [0.4, 0.5) is 5.82 Å². The molecule has 2 rings (SSSR count). The number of anilines is 1. The molecular weight excluding hydrogens is 311 g/mol. The van der Waals surface area contributed by atoms with Crippen LogP contribution in [0.25, 0.3) is 0 Å². The lowest BCUT2D eigenvalue weighted by Gasteiger charge is -2.18. The number of carbonyl (C=O) groups is 1. The van der Waals surface area contributed by atoms with Crippen molar-refractivity contribution in [3.8, 4) is 0 Å². The van der Waals surface area contributed by atoms with Gasteiger partial charge in [0.25, 0.3) is 5.91 Å². The van der Waals surface area contributed by atoms with Crippen LogP contribution in [-0.2, 0) is 6.54 Å². The first kappa shape index (κ1) is 15.6. The number of hydrogen-bond acceptors (Lipinski definition) is 4. The normalized spacial score (nSPS) is 10.3. The maximum Gasteiger partial charge on any atom is 0.274 e. The highest BCUT2D eigenvalue weighted by Crippen LogP contribution is 2.19. The van der Waals surface area contributed by atoms with Gasteiger partial charge in [-0.3, -0.25) is 4.79 Å². The first-order valence-electron chi connectivity index (χ1n) is 6.14. The van der Waals surface area contributed by atoms with Crippen LogP contribution < -0.4 is 11.3 Å². The van der Waals surface area contributed by atoms with Crippen molar-refractivity contribution in [3.05, 3.63) is 57.7 Å². The summed E-state index contributed by atoms with van der Waals surface area (Å²) in [5.74, 6) is 5.37. The molecular formula is C14H14Cl2N4O. The quantitative estimate of drug-likeness (QED) is 0.670. The molecule has 0 spiro atoms. The van der Waals surface area contributed by atoms with Crippen molar-refractivity contribution in [2.45, 2.75) is 6.54 Å². The maximum atomic E-state index is 12.4. The Kier molecular flexibility index (Phi) is 5.01. The highest BCUT2D eigenvalue weighted by atomic mass is 35.5. The number of nitrogens with zero attached hydrogens (tertiary/aromatic N) is 2. The van der Waals surface area contributed by atoms with E-state index in [-0.39, 0.29) is 16.6 Å². The standard InChI is InChI=1S/C14H14Cl2N4O/c1-20(8-9-3-2-4-10(15)7-9)14(21)13-11(16)5-6-12(18-13)19-17/h2-7H,8,17H2,1H3,(H,18,19). The van der Waals surface area contributed by atoms with Crippen molar-refractivity contribution in [1.82, 2.24) is 9.88 Å². The molecule has 0 aliphatic carbocycles. The van der Waals surface area contributed by atoms with Crippen molar-refractivity contribution in [3.63, 3.8) is 0 Å². The molecule has 0 radical (unpaired) electrons. The van der Waals surface area contributed by atoms with Crippen molar-refractivity contribution < 1.29 is 4.79 Å². The van der Waals surface area contributed by atoms with E-state index in [0.29, 0.717) is 17.4 Å². The van der Waals surface area contributed by atoms with Crippen LogP contribution >= 0.6 is 23.2 Å². The topological polar surface area (TPSA) is 71.2 Å². The number of hydrazine groups is 1. The Balaban J connectivity index is 2.19. The summed E-state index contributed by atoms with van der Waals surface area (Å²) < 4.78 is 0. The van der Waals surface area contributed by atoms with Crippen LogP contribution in [0.2, 0.25) is 10.0 Å². The molecule has 0 bridgehead atoms. The summed E-state index contributed by atoms with van der Waals surface area (Å²) in [5, 5.41) is 0.899. The molecule has 2 aromatic rings. The average Bonchev–Trinajstić information content (AvgIpc) is 2.47. The zero-order valence-electron chi connectivity index (χ0n) is 11.3. The van der Waals surface area contributed by atoms with E-state index in [1.165, 1.54) is 4.90 Å². The van der Waals surface area contributed by atoms with Crippen LogP contribution in [0.1, 0.15) is 16.1 Å². The molecule has 0 aliphatic heterocycles. The van der Waals surface area contributed by atoms with Gasteiger partial charge in [0.05, 0.1) is 5.02 Å². The zero-order chi connectivity index (χ0) is 15.4. The third kappa shape index (κ3) is 3.85. The van der Waals surface area contributed by atoms with Gasteiger partial charge in [-0.25, -0.2) is 10.8 Å². The van der Waals surface area contributed by atoms with Crippen molar-refractivity contribution in [2.24, 2.45) is 5.84 Å². The highest BCUT2D eigenvalue weighted by molar-refractivity contribution is 6.33. The fourth-order valence-corrected chi connectivity index (χ4v) is 2.23. The minimum Gasteiger partial charge on any atom is -0.336 e. The second kappa shape index (κ2) is 6.76. The van der Waals surface area contributed by atoms with Gasteiger partial charge in [-0.15, -0.1) is 0 Å². The molecule has 1 aromatic carbocycles. The zero-order valence-corrected chi connectivity index (χ0v) is 12.8. The molecule has 0 saturated carbocycles. The number of hydrogen-bond donors (Lipinski definition) is 2. The minimum atomic E-state index is -0.294. The van der Waals surface area contributed by atoms with Gasteiger partial charge in [-0.2, -0.15) is 0 Å². The van der Waals surface area contributed by atoms with Crippen LogP contribution in [-0.4, -0.2) is 22.8 Å². The fraction of sp³-hybridized carbons (Fsp3) is 0.143. The number of amides is 1. The number of benzene rings is 1. The number of pyridine rings is 1. The fourth-order valence-electron chi connectivity index (χ4n) is 1.83. The van der Waals surface area contributed by atoms with Crippen LogP contribution in [0.3, 0.4) is 0 Å². The first-order valence-corrected chi connectivity index (χ1v) is 6.90. The molecule has 110 valence electrons. The molecule has 5 nitrogen and oxygen atoms in total. The van der Waals surface area contributed by atoms with Crippen molar-refractivity contribution in [2.75, 3.05) is 12.5 Å². The molecule has 0 atom stereocenters. The van der Waals surface area contributed by atoms with E-state index in [9.17, 15) is 4.79 Å². The molecule has 1 amide bonds. The monoisotopic (exact) mass is 324 g/mol. The summed E-state index contributed by atoms with van der Waals surface area (Å²) in [4.78, 5) is 18.0. The number of halogens is 2. The predicted octanol–water partition coefficient (Wildman–Crippen LogP) is 2.95. The van der Waals surface area contributed by atoms with E-state index in [4.69, 9.17) is 29.0 Å². The van der Waals surface area contributed by atoms with Gasteiger partial charge >= 0.3 is 0 Å². The number of nitrogens with two attached hydrogens (primary N) is 1. The SMILES string of the molecule is CN(Cc1cccc(Cl)c1)C(=O)c1nc(NN)ccc1Cl. The van der Waals surface area contributed by atoms with Crippen molar-refractivity contribution in [1.29, 1.82) is 0 Å². The van der Waals surface area contributed by atoms with Crippen LogP contribution in [0.15, 0.2) is 36.4 Å². The molecule has 1 heterocycles. The van der Waals surface area contributed by atoms with E-state index in [2.05, 4.69) is 10.4 Å². The summed E-state index contributed by atoms with van der Waals surface area (Å²) in [6, 6.07) is 10.5. The second-order valence-corrected chi connectivity index (χ2v) is 5.31. The van der Waals surface area contributed by atoms with E-state index < -0.39 is 0 Å². The van der Waals surface area contributed by atoms with Gasteiger partial charge in [0, 0.05) is 18.6 Å². The van der Waals surface area contributed by atoms with Gasteiger partial charge in [0.1, 0.15) is 11.5 Å². The summed E-state index contributed by atoms with van der Waals surface area (Å²) in [5.41, 5.74) is 3.46. The summed E-state index contributed by atoms with van der Waals surface area (Å²) in [6.07, 6.45) is 0. The summed E-state index contributed by atoms with van der Waals surface area (Å²) in [6.45, 7) is 0.400. The largest absolute Gasteiger partial charge is 0.336 e. The second-order valence-electron chi connectivity index (χ2n) is 4.46. The summed E-state index contributed by atoms with van der Waals surface area (Å²) in [7, 11) is 1.67. The number of nitrogen functional groups attached to an aromatic ring is 1. The van der Waals surface area contributed by atoms with Gasteiger partial charge in [0.2, 0.25) is 0 Å². The molecule has 1 aromatic heterocycles. The molecule has 7 heteroatoms. The first-order chi connectivity index (χ1) is 10.0. The number of rotatable bonds is 4. The molecule has 0 fully saturated rings. The lowest BCUT2D eigenvalue weighted by Crippen LogP contribution is -2.27. The average molecular weight is 325 g/mol. The van der Waals surface area contributed by atoms with Gasteiger partial charge < -0.3 is 10.3 Å². The Morgan fingerprint density at radius 3 is 2.76 bits per heavy atom. The number of aromatic nitrogens is 1. The van der Waals surface area contributed by atoms with Gasteiger partial charge in [-0.1, -0.05) is 35.3 Å². The predicted molar refractivity (Wildman–Crippen MR) is 84.3 cm³/mol. The van der Waals surface area contributed by atoms with Crippen molar-refractivity contribution >= 4 is 34.9 Å². The highest BCUT2D eigenvalue weighted by Gasteiger charge is 2.17. The Labute approximate surface area is 132 Å². The van der Waals surface area contributed by atoms with E-state index >= 15 is 0 Å². The third-order valence-electron chi connectivity index (χ3n) is 2.85. The molecule has 3 N–H and O–H groups in total. The summed E-state index contributed by atoms with van der Waals surface area (Å²) >= 11 is 12.0. The van der Waals surface area contributed by atoms with E-state index in [1.54, 1.807) is 31.3 Å². The van der Waals surface area contributed by atoms with Gasteiger partial charge in [0.15, 0.2) is 0 Å². The Bertz CT molecular complexity index is 663. The smallest absolute Gasteiger partial charge is 0.274 e. The lowest BCUT2D eigenvalue weighted by molar-refractivity contribution is 0.0779. The molecule has 0 unspecified atom stereocenters.